The molecule has 0 unspecified atom stereocenters. The van der Waals surface area contributed by atoms with Crippen molar-refractivity contribution in [3.63, 3.8) is 0 Å². The molecule has 1 amide bonds. The van der Waals surface area contributed by atoms with Crippen LogP contribution in [0.25, 0.3) is 0 Å². The van der Waals surface area contributed by atoms with Gasteiger partial charge in [0.05, 0.1) is 19.3 Å². The van der Waals surface area contributed by atoms with Crippen molar-refractivity contribution >= 4 is 15.9 Å². The van der Waals surface area contributed by atoms with Crippen LogP contribution in [0.4, 0.5) is 4.39 Å². The highest BCUT2D eigenvalue weighted by atomic mass is 32.2. The number of nitrogens with one attached hydrogen (secondary N) is 1. The topological polar surface area (TPSA) is 75.7 Å². The van der Waals surface area contributed by atoms with Crippen LogP contribution in [-0.2, 0) is 21.4 Å². The number of ether oxygens (including phenoxy) is 1. The van der Waals surface area contributed by atoms with Gasteiger partial charge in [-0.25, -0.2) is 12.8 Å². The molecule has 0 saturated carbocycles. The number of amides is 1. The van der Waals surface area contributed by atoms with Crippen LogP contribution < -0.4 is 10.1 Å². The number of benzene rings is 2. The molecular weight excluding hydrogens is 383 g/mol. The highest BCUT2D eigenvalue weighted by Gasteiger charge is 2.21. The van der Waals surface area contributed by atoms with Gasteiger partial charge in [-0.2, -0.15) is 4.31 Å². The molecule has 2 rings (SSSR count). The van der Waals surface area contributed by atoms with Gasteiger partial charge in [-0.15, -0.1) is 0 Å². The summed E-state index contributed by atoms with van der Waals surface area (Å²) in [5.41, 5.74) is 2.34. The lowest BCUT2D eigenvalue weighted by molar-refractivity contribution is -0.121. The van der Waals surface area contributed by atoms with Crippen molar-refractivity contribution in [1.29, 1.82) is 0 Å². The molecule has 0 aliphatic rings. The molecule has 0 spiro atoms. The Balaban J connectivity index is 1.87. The lowest BCUT2D eigenvalue weighted by atomic mass is 10.1. The molecule has 0 bridgehead atoms. The molecule has 2 aromatic carbocycles. The molecular formula is C20H25FN2O4S. The summed E-state index contributed by atoms with van der Waals surface area (Å²) in [6.07, 6.45) is 0.990. The maximum Gasteiger partial charge on any atom is 0.235 e. The third-order valence-electron chi connectivity index (χ3n) is 4.11. The highest BCUT2D eigenvalue weighted by molar-refractivity contribution is 7.88. The van der Waals surface area contributed by atoms with E-state index < -0.39 is 28.3 Å². The predicted molar refractivity (Wildman–Crippen MR) is 106 cm³/mol. The first kappa shape index (κ1) is 21.8. The van der Waals surface area contributed by atoms with Crippen molar-refractivity contribution in [2.45, 2.75) is 20.4 Å². The summed E-state index contributed by atoms with van der Waals surface area (Å²) >= 11 is 0. The second-order valence-corrected chi connectivity index (χ2v) is 8.57. The molecule has 0 atom stereocenters. The second-order valence-electron chi connectivity index (χ2n) is 6.59. The van der Waals surface area contributed by atoms with Gasteiger partial charge in [0.15, 0.2) is 0 Å². The predicted octanol–water partition coefficient (Wildman–Crippen LogP) is 2.40. The van der Waals surface area contributed by atoms with Gasteiger partial charge in [0, 0.05) is 12.1 Å². The third-order valence-corrected chi connectivity index (χ3v) is 5.30. The van der Waals surface area contributed by atoms with Crippen LogP contribution in [-0.4, -0.2) is 44.6 Å². The first-order valence-corrected chi connectivity index (χ1v) is 10.7. The molecule has 6 nitrogen and oxygen atoms in total. The van der Waals surface area contributed by atoms with Crippen LogP contribution >= 0.6 is 0 Å². The summed E-state index contributed by atoms with van der Waals surface area (Å²) < 4.78 is 44.3. The zero-order valence-electron chi connectivity index (χ0n) is 16.2. The maximum absolute atomic E-state index is 13.8. The largest absolute Gasteiger partial charge is 0.491 e. The Kier molecular flexibility index (Phi) is 7.53. The van der Waals surface area contributed by atoms with Crippen LogP contribution in [0.1, 0.15) is 16.7 Å². The smallest absolute Gasteiger partial charge is 0.235 e. The Morgan fingerprint density at radius 2 is 1.89 bits per heavy atom. The minimum Gasteiger partial charge on any atom is -0.491 e. The van der Waals surface area contributed by atoms with Gasteiger partial charge in [-0.05, 0) is 31.5 Å². The van der Waals surface area contributed by atoms with E-state index in [0.29, 0.717) is 0 Å². The number of carbonyl (C=O) groups excluding carboxylic acids is 1. The number of nitrogens with zero attached hydrogens (tertiary/aromatic N) is 1. The van der Waals surface area contributed by atoms with Gasteiger partial charge in [0.1, 0.15) is 18.2 Å². The Hall–Kier alpha value is -2.45. The summed E-state index contributed by atoms with van der Waals surface area (Å²) in [4.78, 5) is 12.1. The van der Waals surface area contributed by atoms with E-state index in [2.05, 4.69) is 5.32 Å². The number of halogens is 1. The highest BCUT2D eigenvalue weighted by Crippen LogP contribution is 2.18. The van der Waals surface area contributed by atoms with Gasteiger partial charge in [0.2, 0.25) is 15.9 Å². The summed E-state index contributed by atoms with van der Waals surface area (Å²) in [6, 6.07) is 11.7. The maximum atomic E-state index is 13.8. The Morgan fingerprint density at radius 3 is 2.54 bits per heavy atom. The van der Waals surface area contributed by atoms with E-state index in [9.17, 15) is 17.6 Å². The van der Waals surface area contributed by atoms with Crippen molar-refractivity contribution in [2.75, 3.05) is 26.0 Å². The van der Waals surface area contributed by atoms with E-state index in [4.69, 9.17) is 4.74 Å². The number of hydrogen-bond donors (Lipinski definition) is 1. The first-order chi connectivity index (χ1) is 13.2. The van der Waals surface area contributed by atoms with Gasteiger partial charge < -0.3 is 10.1 Å². The monoisotopic (exact) mass is 408 g/mol. The Morgan fingerprint density at radius 1 is 1.18 bits per heavy atom. The van der Waals surface area contributed by atoms with Crippen LogP contribution in [0.15, 0.2) is 42.5 Å². The van der Waals surface area contributed by atoms with E-state index in [1.54, 1.807) is 6.07 Å². The average Bonchev–Trinajstić information content (AvgIpc) is 2.60. The van der Waals surface area contributed by atoms with Crippen LogP contribution in [0.2, 0.25) is 0 Å². The zero-order valence-corrected chi connectivity index (χ0v) is 17.1. The van der Waals surface area contributed by atoms with Crippen molar-refractivity contribution in [2.24, 2.45) is 0 Å². The fourth-order valence-electron chi connectivity index (χ4n) is 2.64. The van der Waals surface area contributed by atoms with Gasteiger partial charge >= 0.3 is 0 Å². The van der Waals surface area contributed by atoms with Gasteiger partial charge in [-0.3, -0.25) is 4.79 Å². The van der Waals surface area contributed by atoms with Crippen molar-refractivity contribution in [3.8, 4) is 5.75 Å². The molecule has 2 aromatic rings. The standard InChI is InChI=1S/C20H25FN2O4S/c1-15-8-9-19(16(2)12-15)27-11-10-22-20(24)14-23(28(3,25)26)13-17-6-4-5-7-18(17)21/h4-9,12H,10-11,13-14H2,1-3H3,(H,22,24). The normalized spacial score (nSPS) is 11.5. The van der Waals surface area contributed by atoms with E-state index in [1.165, 1.54) is 18.2 Å². The second kappa shape index (κ2) is 9.66. The van der Waals surface area contributed by atoms with E-state index in [-0.39, 0.29) is 25.3 Å². The van der Waals surface area contributed by atoms with Gasteiger partial charge in [0.25, 0.3) is 0 Å². The number of rotatable bonds is 9. The average molecular weight is 408 g/mol. The lowest BCUT2D eigenvalue weighted by Gasteiger charge is -2.20. The summed E-state index contributed by atoms with van der Waals surface area (Å²) in [5, 5.41) is 2.62. The number of hydrogen-bond acceptors (Lipinski definition) is 4. The molecule has 0 fully saturated rings. The van der Waals surface area contributed by atoms with Crippen LogP contribution in [0.5, 0.6) is 5.75 Å². The van der Waals surface area contributed by atoms with Crippen molar-refractivity contribution in [3.05, 3.63) is 65.0 Å². The molecule has 28 heavy (non-hydrogen) atoms. The Bertz CT molecular complexity index is 932. The summed E-state index contributed by atoms with van der Waals surface area (Å²) in [5.74, 6) is -0.262. The molecule has 0 aliphatic heterocycles. The Labute approximate surface area is 165 Å². The number of aryl methyl sites for hydroxylation is 2. The molecule has 0 aromatic heterocycles. The number of carbonyl (C=O) groups is 1. The zero-order chi connectivity index (χ0) is 20.7. The molecule has 0 aliphatic carbocycles. The molecule has 0 radical (unpaired) electrons. The van der Waals surface area contributed by atoms with E-state index in [0.717, 1.165) is 27.4 Å². The van der Waals surface area contributed by atoms with Crippen molar-refractivity contribution < 1.29 is 22.3 Å². The molecule has 8 heteroatoms. The third kappa shape index (κ3) is 6.61. The first-order valence-electron chi connectivity index (χ1n) is 8.82. The SMILES string of the molecule is Cc1ccc(OCCNC(=O)CN(Cc2ccccc2F)S(C)(=O)=O)c(C)c1. The van der Waals surface area contributed by atoms with Crippen molar-refractivity contribution in [1.82, 2.24) is 9.62 Å². The summed E-state index contributed by atoms with van der Waals surface area (Å²) in [7, 11) is -3.68. The summed E-state index contributed by atoms with van der Waals surface area (Å²) in [6.45, 7) is 3.81. The molecule has 152 valence electrons. The van der Waals surface area contributed by atoms with Gasteiger partial charge in [-0.1, -0.05) is 35.9 Å². The molecule has 0 saturated heterocycles. The van der Waals surface area contributed by atoms with Crippen LogP contribution in [0.3, 0.4) is 0 Å². The quantitative estimate of drug-likeness (QED) is 0.647. The fourth-order valence-corrected chi connectivity index (χ4v) is 3.36. The minimum atomic E-state index is -3.68. The molecule has 1 N–H and O–H groups in total. The van der Waals surface area contributed by atoms with E-state index >= 15 is 0 Å². The van der Waals surface area contributed by atoms with E-state index in [1.807, 2.05) is 32.0 Å². The lowest BCUT2D eigenvalue weighted by Crippen LogP contribution is -2.41. The molecule has 0 heterocycles. The fraction of sp³-hybridized carbons (Fsp3) is 0.350. The minimum absolute atomic E-state index is 0.207. The number of sulfonamides is 1. The van der Waals surface area contributed by atoms with Crippen LogP contribution in [0, 0.1) is 19.7 Å².